The molecule has 0 heterocycles. The molecule has 0 spiro atoms. The van der Waals surface area contributed by atoms with Crippen LogP contribution in [0, 0.1) is 14.2 Å². The van der Waals surface area contributed by atoms with Crippen molar-refractivity contribution in [1.82, 2.24) is 21.3 Å². The molecule has 3 radical (unpaired) electrons. The molecule has 0 aromatic heterocycles. The van der Waals surface area contributed by atoms with E-state index in [1.165, 1.54) is 25.6 Å². The van der Waals surface area contributed by atoms with Crippen LogP contribution >= 0.6 is 0 Å². The van der Waals surface area contributed by atoms with Gasteiger partial charge in [-0.1, -0.05) is 48.2 Å². The van der Waals surface area contributed by atoms with Gasteiger partial charge in [0.25, 0.3) is 0 Å². The third-order valence-corrected chi connectivity index (χ3v) is 0.726. The van der Waals surface area contributed by atoms with Crippen molar-refractivity contribution in [3.63, 3.8) is 0 Å². The SMILES string of the molecule is C.C.C.O=[C-]NCN[C-]=O.O=[C-]NCN[C-]=O.O=[C-]O.O=[C-]O.O=[C-]O.O=[C-]O.O=[C-]O[C-]=O.[CH2-]O[CH2-].[Y].[Y].[Y]. The molecule has 8 N–H and O–H groups in total. The number of nitrogens with one attached hydrogen (secondary N) is 4. The van der Waals surface area contributed by atoms with Gasteiger partial charge in [0.2, 0.25) is 0 Å². The zero-order valence-corrected chi connectivity index (χ0v) is 26.8. The molecule has 0 atom stereocenters. The maximum absolute atomic E-state index is 9.27. The van der Waals surface area contributed by atoms with Gasteiger partial charge in [-0.2, -0.15) is 25.6 Å². The molecule has 233 valence electrons. The quantitative estimate of drug-likeness (QED) is 0.0350. The first-order valence-corrected chi connectivity index (χ1v) is 6.34. The number of ether oxygens (including phenoxy) is 2. The minimum Gasteiger partial charge on any atom is -0.783 e. The van der Waals surface area contributed by atoms with Gasteiger partial charge < -0.3 is 99.1 Å². The molecular weight excluding hydrogens is 783 g/mol. The van der Waals surface area contributed by atoms with Gasteiger partial charge >= 0.3 is 0 Å². The zero-order valence-electron chi connectivity index (χ0n) is 18.2. The first-order chi connectivity index (χ1) is 16.3. The van der Waals surface area contributed by atoms with Crippen LogP contribution in [0.4, 0.5) is 0 Å². The standard InChI is InChI=1S/2C3H4N2O2.C2O3.C2H4O.4CHO2.3CH4.3Y/c2*6-2-4-1-5-3-7;3-1-5-2-4;1-3-2;4*2-1-3;;;;;;/h2*1H2,(H,4,6)(H,5,7);;1-2H2;4*(H,2,3);3*1H4;;;/q4*-2;4*-1;;;;;;. The molecule has 20 nitrogen and oxygen atoms in total. The molecule has 0 aliphatic rings. The van der Waals surface area contributed by atoms with E-state index in [1.807, 2.05) is 0 Å². The predicted octanol–water partition coefficient (Wildman–Crippen LogP) is -3.41. The fraction of sp³-hybridized carbons (Fsp3) is 0.294. The summed E-state index contributed by atoms with van der Waals surface area (Å²) in [6.45, 7) is 3.87. The van der Waals surface area contributed by atoms with Crippen molar-refractivity contribution in [2.75, 3.05) is 13.3 Å². The molecule has 0 rings (SSSR count). The molecule has 4 amide bonds. The fourth-order valence-corrected chi connectivity index (χ4v) is 0.250. The van der Waals surface area contributed by atoms with E-state index in [2.05, 4.69) is 45.0 Å². The third-order valence-electron chi connectivity index (χ3n) is 0.726. The molecule has 0 fully saturated rings. The molecule has 0 aliphatic carbocycles. The van der Waals surface area contributed by atoms with Crippen LogP contribution in [0.3, 0.4) is 0 Å². The summed E-state index contributed by atoms with van der Waals surface area (Å²) < 4.78 is 6.97. The topological polar surface area (TPSA) is 318 Å². The van der Waals surface area contributed by atoms with Crippen LogP contribution in [0.5, 0.6) is 0 Å². The maximum Gasteiger partial charge on any atom is 0.0290 e. The van der Waals surface area contributed by atoms with Crippen LogP contribution in [0.25, 0.3) is 0 Å². The van der Waals surface area contributed by atoms with Crippen LogP contribution in [0.2, 0.25) is 0 Å². The van der Waals surface area contributed by atoms with Crippen molar-refractivity contribution >= 4 is 64.5 Å². The summed E-state index contributed by atoms with van der Waals surface area (Å²) in [5.41, 5.74) is 0. The van der Waals surface area contributed by atoms with Crippen molar-refractivity contribution in [1.29, 1.82) is 0 Å². The summed E-state index contributed by atoms with van der Waals surface area (Å²) in [7, 11) is 5.75. The van der Waals surface area contributed by atoms with Crippen molar-refractivity contribution < 1.29 is 176 Å². The number of amides is 4. The van der Waals surface area contributed by atoms with Gasteiger partial charge in [0.15, 0.2) is 0 Å². The maximum atomic E-state index is 9.27. The minimum atomic E-state index is 0. The van der Waals surface area contributed by atoms with Crippen LogP contribution in [0.15, 0.2) is 0 Å². The van der Waals surface area contributed by atoms with Gasteiger partial charge in [0.05, 0.1) is 0 Å². The Morgan fingerprint density at radius 1 is 0.475 bits per heavy atom. The minimum absolute atomic E-state index is 0. The Kier molecular flexibility index (Phi) is 420. The second kappa shape index (κ2) is 186. The summed E-state index contributed by atoms with van der Waals surface area (Å²) in [6.07, 6.45) is 5.44. The van der Waals surface area contributed by atoms with Gasteiger partial charge in [-0.05, 0) is 0 Å². The summed E-state index contributed by atoms with van der Waals surface area (Å²) in [6, 6.07) is 0. The van der Waals surface area contributed by atoms with Crippen LogP contribution in [-0.4, -0.2) is 98.2 Å². The van der Waals surface area contributed by atoms with E-state index >= 15 is 0 Å². The molecule has 40 heavy (non-hydrogen) atoms. The van der Waals surface area contributed by atoms with Crippen molar-refractivity contribution in [3.8, 4) is 0 Å². The Morgan fingerprint density at radius 3 is 0.650 bits per heavy atom. The van der Waals surface area contributed by atoms with Gasteiger partial charge in [0.1, 0.15) is 0 Å². The first-order valence-electron chi connectivity index (χ1n) is 6.34. The molecule has 0 saturated carbocycles. The average molecular weight is 811 g/mol. The summed E-state index contributed by atoms with van der Waals surface area (Å²) in [4.78, 5) is 87.6. The Morgan fingerprint density at radius 2 is 0.600 bits per heavy atom. The van der Waals surface area contributed by atoms with E-state index in [4.69, 9.17) is 49.2 Å². The van der Waals surface area contributed by atoms with E-state index < -0.39 is 0 Å². The van der Waals surface area contributed by atoms with Crippen molar-refractivity contribution in [2.24, 2.45) is 0 Å². The largest absolute Gasteiger partial charge is 0.783 e. The molecule has 0 unspecified atom stereocenters. The Hall–Kier alpha value is -1.83. The van der Waals surface area contributed by atoms with Crippen LogP contribution < -0.4 is 21.3 Å². The normalized spacial score (nSPS) is 4.75. The fourth-order valence-electron chi connectivity index (χ4n) is 0.250. The molecule has 0 bridgehead atoms. The van der Waals surface area contributed by atoms with E-state index in [0.717, 1.165) is 12.9 Å². The second-order valence-electron chi connectivity index (χ2n) is 2.31. The Labute approximate surface area is 308 Å². The number of carbonyl (C=O) groups excluding carboxylic acids is 6. The van der Waals surface area contributed by atoms with E-state index in [0.29, 0.717) is 25.9 Å². The van der Waals surface area contributed by atoms with Crippen LogP contribution in [-0.2, 0) is 156 Å². The van der Waals surface area contributed by atoms with Gasteiger partial charge in [-0.25, -0.2) is 0 Å². The predicted molar refractivity (Wildman–Crippen MR) is 123 cm³/mol. The van der Waals surface area contributed by atoms with Gasteiger partial charge in [-0.3, -0.25) is 14.2 Å². The average Bonchev–Trinajstić information content (AvgIpc) is 2.79. The number of hydrogen-bond acceptors (Lipinski definition) is 12. The second-order valence-corrected chi connectivity index (χ2v) is 2.31. The van der Waals surface area contributed by atoms with Crippen LogP contribution in [0.1, 0.15) is 22.3 Å². The molecule has 0 aromatic rings. The zero-order chi connectivity index (χ0) is 28.7. The monoisotopic (exact) mass is 811 g/mol. The van der Waals surface area contributed by atoms with E-state index in [-0.39, 0.29) is 134 Å². The van der Waals surface area contributed by atoms with E-state index in [9.17, 15) is 19.2 Å². The molecule has 23 heteroatoms. The van der Waals surface area contributed by atoms with E-state index in [1.54, 1.807) is 0 Å². The van der Waals surface area contributed by atoms with Crippen molar-refractivity contribution in [3.05, 3.63) is 14.2 Å². The first kappa shape index (κ1) is 90.3. The van der Waals surface area contributed by atoms with Gasteiger partial charge in [0, 0.05) is 111 Å². The summed E-state index contributed by atoms with van der Waals surface area (Å²) >= 11 is 0. The van der Waals surface area contributed by atoms with Crippen molar-refractivity contribution in [2.45, 2.75) is 22.3 Å². The Balaban J connectivity index is -0.0000000162. The van der Waals surface area contributed by atoms with Gasteiger partial charge in [-0.15, -0.1) is 12.9 Å². The molecule has 0 aromatic carbocycles. The molecular formula is C17H28N4O16Y3-12. The Bertz CT molecular complexity index is 381. The third kappa shape index (κ3) is 670. The summed E-state index contributed by atoms with van der Waals surface area (Å²) in [5.74, 6) is 0. The molecule has 0 saturated heterocycles. The number of rotatable bonds is 10. The smallest absolute Gasteiger partial charge is 0.0290 e. The molecule has 0 aliphatic heterocycles. The summed E-state index contributed by atoms with van der Waals surface area (Å²) in [5, 5.41) is 35.3. The number of hydrogen-bond donors (Lipinski definition) is 8. The number of aliphatic hydroxyl groups excluding tert-OH is 4.